The topological polar surface area (TPSA) is 0 Å². The van der Waals surface area contributed by atoms with Gasteiger partial charge in [0, 0.05) is 0 Å². The maximum Gasteiger partial charge on any atom is -0.0222 e. The third kappa shape index (κ3) is 2.35. The van der Waals surface area contributed by atoms with Crippen molar-refractivity contribution in [3.63, 3.8) is 0 Å². The van der Waals surface area contributed by atoms with Crippen LogP contribution in [0.5, 0.6) is 0 Å². The summed E-state index contributed by atoms with van der Waals surface area (Å²) in [5.74, 6) is 0. The standard InChI is InChI=1S/C14H18/c1-5-7-14-10-13(11(3)4)9-8-12(14)6-2/h5,7-10H,3,6H2,1-2,4H3/b7-5-. The molecule has 1 aromatic carbocycles. The van der Waals surface area contributed by atoms with Gasteiger partial charge in [-0.3, -0.25) is 0 Å². The van der Waals surface area contributed by atoms with E-state index in [4.69, 9.17) is 0 Å². The second kappa shape index (κ2) is 4.80. The van der Waals surface area contributed by atoms with Crippen molar-refractivity contribution in [2.75, 3.05) is 0 Å². The summed E-state index contributed by atoms with van der Waals surface area (Å²) >= 11 is 0. The molecule has 0 atom stereocenters. The lowest BCUT2D eigenvalue weighted by Crippen LogP contribution is -1.88. The number of aryl methyl sites for hydroxylation is 1. The SMILES string of the molecule is C=C(C)c1ccc(CC)c(/C=C\C)c1. The highest BCUT2D eigenvalue weighted by molar-refractivity contribution is 5.66. The van der Waals surface area contributed by atoms with Crippen molar-refractivity contribution in [1.82, 2.24) is 0 Å². The molecule has 0 unspecified atom stereocenters. The Morgan fingerprint density at radius 1 is 1.43 bits per heavy atom. The molecule has 0 aromatic heterocycles. The molecule has 1 aromatic rings. The Bertz CT molecular complexity index is 356. The first-order valence-corrected chi connectivity index (χ1v) is 5.10. The molecule has 0 heterocycles. The van der Waals surface area contributed by atoms with Crippen molar-refractivity contribution >= 4 is 11.6 Å². The molecule has 0 N–H and O–H groups in total. The van der Waals surface area contributed by atoms with Gasteiger partial charge in [0.25, 0.3) is 0 Å². The fourth-order valence-electron chi connectivity index (χ4n) is 1.52. The van der Waals surface area contributed by atoms with E-state index in [1.807, 2.05) is 13.8 Å². The van der Waals surface area contributed by atoms with Crippen molar-refractivity contribution in [3.8, 4) is 0 Å². The highest BCUT2D eigenvalue weighted by atomic mass is 14.0. The molecule has 0 spiro atoms. The van der Waals surface area contributed by atoms with Gasteiger partial charge in [0.05, 0.1) is 0 Å². The van der Waals surface area contributed by atoms with Gasteiger partial charge in [-0.2, -0.15) is 0 Å². The number of rotatable bonds is 3. The van der Waals surface area contributed by atoms with Gasteiger partial charge in [-0.25, -0.2) is 0 Å². The van der Waals surface area contributed by atoms with Gasteiger partial charge in [0.2, 0.25) is 0 Å². The predicted octanol–water partition coefficient (Wildman–Crippen LogP) is 4.32. The first-order valence-electron chi connectivity index (χ1n) is 5.10. The molecule has 0 heteroatoms. The molecule has 74 valence electrons. The third-order valence-corrected chi connectivity index (χ3v) is 2.37. The van der Waals surface area contributed by atoms with E-state index in [1.165, 1.54) is 16.7 Å². The maximum atomic E-state index is 3.96. The van der Waals surface area contributed by atoms with Gasteiger partial charge in [-0.1, -0.05) is 43.4 Å². The van der Waals surface area contributed by atoms with Crippen LogP contribution in [0.25, 0.3) is 11.6 Å². The molecule has 0 aliphatic carbocycles. The van der Waals surface area contributed by atoms with Crippen LogP contribution in [-0.2, 0) is 6.42 Å². The van der Waals surface area contributed by atoms with Gasteiger partial charge in [0.15, 0.2) is 0 Å². The van der Waals surface area contributed by atoms with Crippen molar-refractivity contribution in [1.29, 1.82) is 0 Å². The van der Waals surface area contributed by atoms with Crippen LogP contribution in [0.1, 0.15) is 37.5 Å². The monoisotopic (exact) mass is 186 g/mol. The molecule has 0 radical (unpaired) electrons. The summed E-state index contributed by atoms with van der Waals surface area (Å²) in [7, 11) is 0. The summed E-state index contributed by atoms with van der Waals surface area (Å²) in [6, 6.07) is 6.55. The third-order valence-electron chi connectivity index (χ3n) is 2.37. The fourth-order valence-corrected chi connectivity index (χ4v) is 1.52. The largest absolute Gasteiger partial charge is 0.0955 e. The van der Waals surface area contributed by atoms with Crippen LogP contribution in [-0.4, -0.2) is 0 Å². The minimum absolute atomic E-state index is 1.08. The lowest BCUT2D eigenvalue weighted by Gasteiger charge is -2.06. The van der Waals surface area contributed by atoms with Crippen molar-refractivity contribution in [2.45, 2.75) is 27.2 Å². The Labute approximate surface area is 87.0 Å². The molecule has 0 aliphatic rings. The van der Waals surface area contributed by atoms with E-state index in [9.17, 15) is 0 Å². The summed E-state index contributed by atoms with van der Waals surface area (Å²) < 4.78 is 0. The van der Waals surface area contributed by atoms with Gasteiger partial charge < -0.3 is 0 Å². The predicted molar refractivity (Wildman–Crippen MR) is 65.2 cm³/mol. The average Bonchev–Trinajstić information content (AvgIpc) is 2.18. The summed E-state index contributed by atoms with van der Waals surface area (Å²) in [4.78, 5) is 0. The first kappa shape index (κ1) is 10.8. The minimum Gasteiger partial charge on any atom is -0.0955 e. The van der Waals surface area contributed by atoms with E-state index in [2.05, 4.69) is 43.9 Å². The molecule has 0 bridgehead atoms. The number of allylic oxidation sites excluding steroid dienone is 2. The molecule has 0 fully saturated rings. The van der Waals surface area contributed by atoms with Crippen LogP contribution in [0.4, 0.5) is 0 Å². The van der Waals surface area contributed by atoms with Gasteiger partial charge in [-0.05, 0) is 43.0 Å². The molecule has 0 nitrogen and oxygen atoms in total. The van der Waals surface area contributed by atoms with Crippen molar-refractivity contribution in [3.05, 3.63) is 47.5 Å². The molecule has 0 saturated heterocycles. The Balaban J connectivity index is 3.20. The molecule has 0 amide bonds. The van der Waals surface area contributed by atoms with Gasteiger partial charge >= 0.3 is 0 Å². The van der Waals surface area contributed by atoms with E-state index in [0.717, 1.165) is 12.0 Å². The van der Waals surface area contributed by atoms with Crippen LogP contribution in [0.2, 0.25) is 0 Å². The molecule has 1 rings (SSSR count). The Hall–Kier alpha value is -1.30. The van der Waals surface area contributed by atoms with Crippen LogP contribution < -0.4 is 0 Å². The normalized spacial score (nSPS) is 10.8. The van der Waals surface area contributed by atoms with Gasteiger partial charge in [-0.15, -0.1) is 0 Å². The Kier molecular flexibility index (Phi) is 3.70. The molecule has 0 aliphatic heterocycles. The fraction of sp³-hybridized carbons (Fsp3) is 0.286. The molecule has 14 heavy (non-hydrogen) atoms. The Morgan fingerprint density at radius 2 is 2.14 bits per heavy atom. The second-order valence-electron chi connectivity index (χ2n) is 3.55. The summed E-state index contributed by atoms with van der Waals surface area (Å²) in [6.07, 6.45) is 5.32. The maximum absolute atomic E-state index is 3.96. The Morgan fingerprint density at radius 3 is 2.64 bits per heavy atom. The number of hydrogen-bond acceptors (Lipinski definition) is 0. The lowest BCUT2D eigenvalue weighted by atomic mass is 9.99. The summed E-state index contributed by atoms with van der Waals surface area (Å²) in [5, 5.41) is 0. The van der Waals surface area contributed by atoms with Crippen LogP contribution in [0.3, 0.4) is 0 Å². The second-order valence-corrected chi connectivity index (χ2v) is 3.55. The van der Waals surface area contributed by atoms with Crippen molar-refractivity contribution < 1.29 is 0 Å². The minimum atomic E-state index is 1.08. The first-order chi connectivity index (χ1) is 6.69. The highest BCUT2D eigenvalue weighted by Crippen LogP contribution is 2.19. The van der Waals surface area contributed by atoms with E-state index < -0.39 is 0 Å². The van der Waals surface area contributed by atoms with Crippen LogP contribution >= 0.6 is 0 Å². The van der Waals surface area contributed by atoms with E-state index in [1.54, 1.807) is 0 Å². The lowest BCUT2D eigenvalue weighted by molar-refractivity contribution is 1.13. The highest BCUT2D eigenvalue weighted by Gasteiger charge is 1.99. The summed E-state index contributed by atoms with van der Waals surface area (Å²) in [5.41, 5.74) is 5.07. The van der Waals surface area contributed by atoms with Crippen molar-refractivity contribution in [2.24, 2.45) is 0 Å². The zero-order valence-electron chi connectivity index (χ0n) is 9.30. The van der Waals surface area contributed by atoms with E-state index in [-0.39, 0.29) is 0 Å². The quantitative estimate of drug-likeness (QED) is 0.659. The molecule has 0 saturated carbocycles. The molecular formula is C14H18. The van der Waals surface area contributed by atoms with E-state index in [0.29, 0.717) is 0 Å². The van der Waals surface area contributed by atoms with E-state index >= 15 is 0 Å². The smallest absolute Gasteiger partial charge is 0.0222 e. The number of hydrogen-bond donors (Lipinski definition) is 0. The molecular weight excluding hydrogens is 168 g/mol. The van der Waals surface area contributed by atoms with Gasteiger partial charge in [0.1, 0.15) is 0 Å². The number of benzene rings is 1. The van der Waals surface area contributed by atoms with Crippen LogP contribution in [0.15, 0.2) is 30.9 Å². The summed E-state index contributed by atoms with van der Waals surface area (Å²) in [6.45, 7) is 10.2. The zero-order chi connectivity index (χ0) is 10.6. The average molecular weight is 186 g/mol. The zero-order valence-corrected chi connectivity index (χ0v) is 9.30. The van der Waals surface area contributed by atoms with Crippen LogP contribution in [0, 0.1) is 0 Å².